The van der Waals surface area contributed by atoms with Gasteiger partial charge < -0.3 is 24.6 Å². The molecule has 1 atom stereocenters. The predicted octanol–water partition coefficient (Wildman–Crippen LogP) is 3.68. The summed E-state index contributed by atoms with van der Waals surface area (Å²) in [5, 5.41) is 3.06. The summed E-state index contributed by atoms with van der Waals surface area (Å²) in [5.41, 5.74) is 2.89. The fraction of sp³-hybridized carbons (Fsp3) is 0.458. The van der Waals surface area contributed by atoms with Crippen molar-refractivity contribution in [3.05, 3.63) is 53.9 Å². The van der Waals surface area contributed by atoms with Gasteiger partial charge >= 0.3 is 12.0 Å². The number of esters is 1. The maximum absolute atomic E-state index is 13.4. The molecular weight excluding hydrogens is 408 g/mol. The molecule has 32 heavy (non-hydrogen) atoms. The molecule has 1 aromatic carbocycles. The monoisotopic (exact) mass is 438 g/mol. The van der Waals surface area contributed by atoms with E-state index >= 15 is 0 Å². The van der Waals surface area contributed by atoms with Crippen molar-refractivity contribution in [1.29, 1.82) is 0 Å². The fourth-order valence-electron chi connectivity index (χ4n) is 4.27. The molecule has 2 aliphatic heterocycles. The van der Waals surface area contributed by atoms with Gasteiger partial charge in [-0.15, -0.1) is 0 Å². The van der Waals surface area contributed by atoms with Gasteiger partial charge in [0.05, 0.1) is 30.2 Å². The largest absolute Gasteiger partial charge is 0.465 e. The summed E-state index contributed by atoms with van der Waals surface area (Å²) in [6.45, 7) is 3.50. The molecule has 2 saturated heterocycles. The molecule has 2 amide bonds. The van der Waals surface area contributed by atoms with Crippen molar-refractivity contribution < 1.29 is 19.1 Å². The number of carbonyl (C=O) groups is 2. The van der Waals surface area contributed by atoms with Crippen LogP contribution in [0.5, 0.6) is 0 Å². The lowest BCUT2D eigenvalue weighted by Gasteiger charge is -2.28. The Balaban J connectivity index is 1.58. The van der Waals surface area contributed by atoms with E-state index in [-0.39, 0.29) is 12.1 Å². The van der Waals surface area contributed by atoms with Gasteiger partial charge in [-0.2, -0.15) is 0 Å². The highest BCUT2D eigenvalue weighted by Gasteiger charge is 2.25. The summed E-state index contributed by atoms with van der Waals surface area (Å²) in [6, 6.07) is 8.92. The molecule has 8 nitrogen and oxygen atoms in total. The van der Waals surface area contributed by atoms with Gasteiger partial charge in [-0.05, 0) is 55.5 Å². The number of nitrogens with zero attached hydrogens (tertiary/aromatic N) is 3. The number of aromatic nitrogens is 1. The normalized spacial score (nSPS) is 17.9. The van der Waals surface area contributed by atoms with Crippen molar-refractivity contribution in [2.45, 2.75) is 38.3 Å². The predicted molar refractivity (Wildman–Crippen MR) is 122 cm³/mol. The highest BCUT2D eigenvalue weighted by Crippen LogP contribution is 2.31. The lowest BCUT2D eigenvalue weighted by atomic mass is 10.1. The number of benzene rings is 1. The van der Waals surface area contributed by atoms with Crippen LogP contribution in [-0.2, 0) is 16.0 Å². The molecule has 2 aliphatic rings. The second-order valence-electron chi connectivity index (χ2n) is 8.22. The highest BCUT2D eigenvalue weighted by atomic mass is 16.5. The van der Waals surface area contributed by atoms with E-state index in [9.17, 15) is 9.59 Å². The van der Waals surface area contributed by atoms with Gasteiger partial charge in [-0.25, -0.2) is 9.59 Å². The Morgan fingerprint density at radius 2 is 2.09 bits per heavy atom. The molecule has 0 saturated carbocycles. The van der Waals surface area contributed by atoms with Crippen molar-refractivity contribution in [2.24, 2.45) is 0 Å². The number of methoxy groups -OCH3 is 1. The van der Waals surface area contributed by atoms with Crippen molar-refractivity contribution in [2.75, 3.05) is 43.6 Å². The number of rotatable bonds is 7. The van der Waals surface area contributed by atoms with E-state index in [4.69, 9.17) is 9.47 Å². The van der Waals surface area contributed by atoms with E-state index in [1.165, 1.54) is 7.11 Å². The Morgan fingerprint density at radius 1 is 1.25 bits per heavy atom. The quantitative estimate of drug-likeness (QED) is 0.664. The maximum atomic E-state index is 13.4. The first-order valence-corrected chi connectivity index (χ1v) is 11.2. The number of anilines is 2. The van der Waals surface area contributed by atoms with Crippen LogP contribution in [0.2, 0.25) is 0 Å². The van der Waals surface area contributed by atoms with Crippen molar-refractivity contribution >= 4 is 23.4 Å². The number of amides is 2. The molecule has 1 N–H and O–H groups in total. The Kier molecular flexibility index (Phi) is 7.21. The molecule has 1 unspecified atom stereocenters. The molecule has 2 fully saturated rings. The molecule has 8 heteroatoms. The summed E-state index contributed by atoms with van der Waals surface area (Å²) < 4.78 is 10.7. The molecule has 4 rings (SSSR count). The van der Waals surface area contributed by atoms with Crippen LogP contribution in [0.1, 0.15) is 41.6 Å². The van der Waals surface area contributed by atoms with Crippen LogP contribution in [0.3, 0.4) is 0 Å². The van der Waals surface area contributed by atoms with E-state index in [0.29, 0.717) is 24.3 Å². The first-order valence-electron chi connectivity index (χ1n) is 11.2. The minimum Gasteiger partial charge on any atom is -0.465 e. The van der Waals surface area contributed by atoms with Gasteiger partial charge in [-0.1, -0.05) is 6.07 Å². The SMILES string of the molecule is COC(=O)c1ccc(N2CCCC2)c(NC(=O)N(Cc2cccnc2)CC2CCCO2)c1. The number of nitrogens with one attached hydrogen (secondary N) is 1. The van der Waals surface area contributed by atoms with Crippen LogP contribution in [0, 0.1) is 0 Å². The van der Waals surface area contributed by atoms with Crippen LogP contribution < -0.4 is 10.2 Å². The summed E-state index contributed by atoms with van der Waals surface area (Å²) in [4.78, 5) is 33.7. The zero-order valence-electron chi connectivity index (χ0n) is 18.5. The second kappa shape index (κ2) is 10.5. The zero-order valence-corrected chi connectivity index (χ0v) is 18.5. The number of ether oxygens (including phenoxy) is 2. The average molecular weight is 439 g/mol. The van der Waals surface area contributed by atoms with E-state index in [2.05, 4.69) is 15.2 Å². The molecule has 0 spiro atoms. The second-order valence-corrected chi connectivity index (χ2v) is 8.22. The van der Waals surface area contributed by atoms with Crippen molar-refractivity contribution in [3.63, 3.8) is 0 Å². The first-order chi connectivity index (χ1) is 15.6. The third-order valence-corrected chi connectivity index (χ3v) is 5.94. The van der Waals surface area contributed by atoms with E-state index in [1.54, 1.807) is 29.4 Å². The van der Waals surface area contributed by atoms with Crippen molar-refractivity contribution in [3.8, 4) is 0 Å². The van der Waals surface area contributed by atoms with E-state index in [1.807, 2.05) is 18.2 Å². The molecule has 0 bridgehead atoms. The maximum Gasteiger partial charge on any atom is 0.337 e. The molecule has 0 radical (unpaired) electrons. The van der Waals surface area contributed by atoms with Gasteiger partial charge in [-0.3, -0.25) is 4.98 Å². The zero-order chi connectivity index (χ0) is 22.3. The lowest BCUT2D eigenvalue weighted by molar-refractivity contribution is 0.0600. The highest BCUT2D eigenvalue weighted by molar-refractivity contribution is 5.97. The standard InChI is InChI=1S/C24H30N4O4/c1-31-23(29)19-8-9-22(27-11-2-3-12-27)21(14-19)26-24(30)28(17-20-7-5-13-32-20)16-18-6-4-10-25-15-18/h4,6,8-10,14-15,20H,2-3,5,7,11-13,16-17H2,1H3,(H,26,30). The van der Waals surface area contributed by atoms with Gasteiger partial charge in [0.2, 0.25) is 0 Å². The third kappa shape index (κ3) is 5.37. The number of hydrogen-bond donors (Lipinski definition) is 1. The number of pyridine rings is 1. The number of urea groups is 1. The van der Waals surface area contributed by atoms with Crippen LogP contribution in [0.4, 0.5) is 16.2 Å². The fourth-order valence-corrected chi connectivity index (χ4v) is 4.27. The minimum atomic E-state index is -0.431. The summed E-state index contributed by atoms with van der Waals surface area (Å²) >= 11 is 0. The van der Waals surface area contributed by atoms with E-state index < -0.39 is 5.97 Å². The van der Waals surface area contributed by atoms with Gasteiger partial charge in [0, 0.05) is 45.2 Å². The van der Waals surface area contributed by atoms with Gasteiger partial charge in [0.15, 0.2) is 0 Å². The minimum absolute atomic E-state index is 0.0249. The van der Waals surface area contributed by atoms with Crippen molar-refractivity contribution in [1.82, 2.24) is 9.88 Å². The third-order valence-electron chi connectivity index (χ3n) is 5.94. The number of carbonyl (C=O) groups excluding carboxylic acids is 2. The van der Waals surface area contributed by atoms with Crippen LogP contribution in [0.15, 0.2) is 42.7 Å². The molecular formula is C24H30N4O4. The Labute approximate surface area is 188 Å². The molecule has 3 heterocycles. The van der Waals surface area contributed by atoms with Crippen LogP contribution in [0.25, 0.3) is 0 Å². The molecule has 1 aromatic heterocycles. The van der Waals surface area contributed by atoms with Crippen LogP contribution >= 0.6 is 0 Å². The molecule has 2 aromatic rings. The Bertz CT molecular complexity index is 925. The van der Waals surface area contributed by atoms with E-state index in [0.717, 1.165) is 56.6 Å². The topological polar surface area (TPSA) is 84.0 Å². The van der Waals surface area contributed by atoms with Gasteiger partial charge in [0.1, 0.15) is 0 Å². The Hall–Kier alpha value is -3.13. The summed E-state index contributed by atoms with van der Waals surface area (Å²) in [5.74, 6) is -0.431. The average Bonchev–Trinajstić information content (AvgIpc) is 3.53. The van der Waals surface area contributed by atoms with Gasteiger partial charge in [0.25, 0.3) is 0 Å². The lowest BCUT2D eigenvalue weighted by Crippen LogP contribution is -2.40. The molecule has 170 valence electrons. The summed E-state index contributed by atoms with van der Waals surface area (Å²) in [6.07, 6.45) is 7.67. The smallest absolute Gasteiger partial charge is 0.337 e. The van der Waals surface area contributed by atoms with Crippen LogP contribution in [-0.4, -0.2) is 61.3 Å². The first kappa shape index (κ1) is 22.1. The number of hydrogen-bond acceptors (Lipinski definition) is 6. The Morgan fingerprint density at radius 3 is 2.78 bits per heavy atom. The molecule has 0 aliphatic carbocycles. The summed E-state index contributed by atoms with van der Waals surface area (Å²) in [7, 11) is 1.35.